The first kappa shape index (κ1) is 12.4. The highest BCUT2D eigenvalue weighted by Gasteiger charge is 2.21. The molecule has 17 heavy (non-hydrogen) atoms. The van der Waals surface area contributed by atoms with Crippen LogP contribution in [0.25, 0.3) is 0 Å². The largest absolute Gasteiger partial charge is 0.411 e. The molecule has 1 heterocycles. The summed E-state index contributed by atoms with van der Waals surface area (Å²) in [7, 11) is 1.93. The molecule has 1 saturated carbocycles. The Hall–Kier alpha value is -1.04. The fourth-order valence-corrected chi connectivity index (χ4v) is 3.21. The number of oxime groups is 1. The molecule has 0 spiro atoms. The van der Waals surface area contributed by atoms with E-state index in [0.717, 1.165) is 30.1 Å². The molecule has 94 valence electrons. The van der Waals surface area contributed by atoms with Crippen molar-refractivity contribution in [2.75, 3.05) is 0 Å². The second-order valence-electron chi connectivity index (χ2n) is 4.38. The van der Waals surface area contributed by atoms with Crippen LogP contribution in [-0.4, -0.2) is 30.9 Å². The lowest BCUT2D eigenvalue weighted by molar-refractivity contribution is 0.315. The first-order chi connectivity index (χ1) is 8.31. The molecule has 1 aliphatic carbocycles. The summed E-state index contributed by atoms with van der Waals surface area (Å²) in [5.74, 6) is 0. The van der Waals surface area contributed by atoms with Crippen molar-refractivity contribution in [3.63, 3.8) is 0 Å². The molecule has 6 heteroatoms. The van der Waals surface area contributed by atoms with Gasteiger partial charge in [0.05, 0.1) is 11.0 Å². The number of nitrogens with zero attached hydrogens (tertiary/aromatic N) is 4. The first-order valence-corrected chi connectivity index (χ1v) is 6.90. The molecule has 1 aromatic rings. The molecule has 0 aromatic carbocycles. The summed E-state index contributed by atoms with van der Waals surface area (Å²) in [6.45, 7) is 0. The van der Waals surface area contributed by atoms with Crippen LogP contribution >= 0.6 is 11.8 Å². The summed E-state index contributed by atoms with van der Waals surface area (Å²) >= 11 is 1.65. The van der Waals surface area contributed by atoms with E-state index in [1.165, 1.54) is 19.3 Å². The standard InChI is InChI=1S/C11H18N4OS/c1-15-8-12-13-11(15)17-10-7-5-3-2-4-6-9(10)14-16/h8,10,16H,2-7H2,1H3. The highest BCUT2D eigenvalue weighted by molar-refractivity contribution is 8.00. The summed E-state index contributed by atoms with van der Waals surface area (Å²) in [4.78, 5) is 0. The van der Waals surface area contributed by atoms with Crippen LogP contribution in [0.4, 0.5) is 0 Å². The zero-order chi connectivity index (χ0) is 12.1. The smallest absolute Gasteiger partial charge is 0.191 e. The Labute approximate surface area is 105 Å². The average Bonchev–Trinajstić information content (AvgIpc) is 2.69. The molecule has 1 unspecified atom stereocenters. The van der Waals surface area contributed by atoms with Gasteiger partial charge in [-0.2, -0.15) is 0 Å². The van der Waals surface area contributed by atoms with Crippen LogP contribution in [0.5, 0.6) is 0 Å². The minimum Gasteiger partial charge on any atom is -0.411 e. The molecule has 1 fully saturated rings. The lowest BCUT2D eigenvalue weighted by Crippen LogP contribution is -2.20. The summed E-state index contributed by atoms with van der Waals surface area (Å²) in [5, 5.41) is 21.7. The van der Waals surface area contributed by atoms with Crippen molar-refractivity contribution in [1.82, 2.24) is 14.8 Å². The molecule has 0 saturated heterocycles. The van der Waals surface area contributed by atoms with Crippen LogP contribution in [0.2, 0.25) is 0 Å². The number of hydrogen-bond acceptors (Lipinski definition) is 5. The molecule has 5 nitrogen and oxygen atoms in total. The Bertz CT molecular complexity index is 391. The molecule has 0 radical (unpaired) electrons. The third-order valence-electron chi connectivity index (χ3n) is 3.07. The Morgan fingerprint density at radius 3 is 2.94 bits per heavy atom. The van der Waals surface area contributed by atoms with Gasteiger partial charge in [-0.3, -0.25) is 0 Å². The molecule has 0 bridgehead atoms. The number of hydrogen-bond donors (Lipinski definition) is 1. The van der Waals surface area contributed by atoms with E-state index in [9.17, 15) is 0 Å². The Morgan fingerprint density at radius 1 is 1.41 bits per heavy atom. The molecule has 1 atom stereocenters. The van der Waals surface area contributed by atoms with Crippen molar-refractivity contribution in [1.29, 1.82) is 0 Å². The lowest BCUT2D eigenvalue weighted by Gasteiger charge is -2.19. The maximum absolute atomic E-state index is 9.11. The van der Waals surface area contributed by atoms with Crippen molar-refractivity contribution in [3.8, 4) is 0 Å². The second kappa shape index (κ2) is 6.05. The maximum atomic E-state index is 9.11. The molecule has 1 N–H and O–H groups in total. The normalized spacial score (nSPS) is 24.5. The first-order valence-electron chi connectivity index (χ1n) is 6.02. The van der Waals surface area contributed by atoms with E-state index in [-0.39, 0.29) is 5.25 Å². The van der Waals surface area contributed by atoms with Gasteiger partial charge in [-0.25, -0.2) is 0 Å². The highest BCUT2D eigenvalue weighted by atomic mass is 32.2. The van der Waals surface area contributed by atoms with E-state index < -0.39 is 0 Å². The van der Waals surface area contributed by atoms with Crippen molar-refractivity contribution in [2.24, 2.45) is 12.2 Å². The Balaban J connectivity index is 2.07. The number of aromatic nitrogens is 3. The van der Waals surface area contributed by atoms with Crippen LogP contribution in [0.1, 0.15) is 38.5 Å². The van der Waals surface area contributed by atoms with Crippen molar-refractivity contribution in [3.05, 3.63) is 6.33 Å². The predicted molar refractivity (Wildman–Crippen MR) is 67.6 cm³/mol. The van der Waals surface area contributed by atoms with Crippen molar-refractivity contribution in [2.45, 2.75) is 48.9 Å². The third kappa shape index (κ3) is 3.21. The fourth-order valence-electron chi connectivity index (χ4n) is 2.06. The molecular weight excluding hydrogens is 236 g/mol. The van der Waals surface area contributed by atoms with Gasteiger partial charge >= 0.3 is 0 Å². The number of rotatable bonds is 2. The molecule has 0 aliphatic heterocycles. The fraction of sp³-hybridized carbons (Fsp3) is 0.727. The van der Waals surface area contributed by atoms with E-state index in [2.05, 4.69) is 15.4 Å². The third-order valence-corrected chi connectivity index (χ3v) is 4.44. The number of thioether (sulfide) groups is 1. The molecule has 1 aromatic heterocycles. The van der Waals surface area contributed by atoms with E-state index in [1.807, 2.05) is 11.6 Å². The van der Waals surface area contributed by atoms with Gasteiger partial charge in [0.25, 0.3) is 0 Å². The van der Waals surface area contributed by atoms with Gasteiger partial charge in [-0.05, 0) is 19.3 Å². The minimum absolute atomic E-state index is 0.239. The maximum Gasteiger partial charge on any atom is 0.191 e. The zero-order valence-electron chi connectivity index (χ0n) is 10.0. The number of aryl methyl sites for hydroxylation is 1. The van der Waals surface area contributed by atoms with E-state index >= 15 is 0 Å². The van der Waals surface area contributed by atoms with Crippen LogP contribution < -0.4 is 0 Å². The Kier molecular flexibility index (Phi) is 4.42. The summed E-state index contributed by atoms with van der Waals surface area (Å²) in [5.41, 5.74) is 0.901. The van der Waals surface area contributed by atoms with E-state index in [0.29, 0.717) is 0 Å². The second-order valence-corrected chi connectivity index (χ2v) is 5.55. The SMILES string of the molecule is Cn1cnnc1SC1CCCCCCC1=NO. The quantitative estimate of drug-likeness (QED) is 0.650. The zero-order valence-corrected chi connectivity index (χ0v) is 10.9. The molecule has 0 amide bonds. The van der Waals surface area contributed by atoms with Crippen LogP contribution in [0.3, 0.4) is 0 Å². The van der Waals surface area contributed by atoms with Crippen molar-refractivity contribution >= 4 is 17.5 Å². The van der Waals surface area contributed by atoms with Crippen LogP contribution in [0.15, 0.2) is 16.6 Å². The van der Waals surface area contributed by atoms with E-state index in [4.69, 9.17) is 5.21 Å². The van der Waals surface area contributed by atoms with Gasteiger partial charge in [-0.15, -0.1) is 10.2 Å². The average molecular weight is 254 g/mol. The van der Waals surface area contributed by atoms with Gasteiger partial charge in [-0.1, -0.05) is 36.2 Å². The Morgan fingerprint density at radius 2 is 2.24 bits per heavy atom. The summed E-state index contributed by atoms with van der Waals surface area (Å²) in [6, 6.07) is 0. The van der Waals surface area contributed by atoms with Gasteiger partial charge in [0.2, 0.25) is 0 Å². The van der Waals surface area contributed by atoms with Gasteiger partial charge in [0, 0.05) is 7.05 Å². The van der Waals surface area contributed by atoms with Crippen LogP contribution in [0, 0.1) is 0 Å². The molecular formula is C11H18N4OS. The topological polar surface area (TPSA) is 63.3 Å². The van der Waals surface area contributed by atoms with Crippen molar-refractivity contribution < 1.29 is 5.21 Å². The lowest BCUT2D eigenvalue weighted by atomic mass is 9.99. The minimum atomic E-state index is 0.239. The van der Waals surface area contributed by atoms with Gasteiger partial charge in [0.15, 0.2) is 5.16 Å². The highest BCUT2D eigenvalue weighted by Crippen LogP contribution is 2.29. The van der Waals surface area contributed by atoms with Gasteiger partial charge in [0.1, 0.15) is 6.33 Å². The summed E-state index contributed by atoms with van der Waals surface area (Å²) in [6.07, 6.45) is 8.46. The summed E-state index contributed by atoms with van der Waals surface area (Å²) < 4.78 is 1.90. The monoisotopic (exact) mass is 254 g/mol. The van der Waals surface area contributed by atoms with Crippen LogP contribution in [-0.2, 0) is 7.05 Å². The molecule has 1 aliphatic rings. The molecule has 2 rings (SSSR count). The van der Waals surface area contributed by atoms with E-state index in [1.54, 1.807) is 18.1 Å². The van der Waals surface area contributed by atoms with Gasteiger partial charge < -0.3 is 9.77 Å². The predicted octanol–water partition coefficient (Wildman–Crippen LogP) is 2.46.